The SMILES string of the molecule is Cc1cc(Oc2ccccc2)ccc1CCCN1CCNCC1. The van der Waals surface area contributed by atoms with Crippen molar-refractivity contribution in [1.29, 1.82) is 0 Å². The Hall–Kier alpha value is -1.84. The van der Waals surface area contributed by atoms with Gasteiger partial charge in [-0.05, 0) is 61.7 Å². The molecule has 23 heavy (non-hydrogen) atoms. The fourth-order valence-electron chi connectivity index (χ4n) is 3.06. The number of nitrogens with one attached hydrogen (secondary N) is 1. The van der Waals surface area contributed by atoms with E-state index in [1.807, 2.05) is 30.3 Å². The van der Waals surface area contributed by atoms with Crippen molar-refractivity contribution >= 4 is 0 Å². The van der Waals surface area contributed by atoms with Crippen molar-refractivity contribution in [1.82, 2.24) is 10.2 Å². The summed E-state index contributed by atoms with van der Waals surface area (Å²) in [6.07, 6.45) is 2.36. The normalized spacial score (nSPS) is 15.5. The molecule has 3 nitrogen and oxygen atoms in total. The molecule has 1 N–H and O–H groups in total. The average Bonchev–Trinajstić information content (AvgIpc) is 2.59. The van der Waals surface area contributed by atoms with Crippen LogP contribution in [0, 0.1) is 6.92 Å². The van der Waals surface area contributed by atoms with E-state index in [4.69, 9.17) is 4.74 Å². The first-order valence-electron chi connectivity index (χ1n) is 8.57. The largest absolute Gasteiger partial charge is 0.457 e. The van der Waals surface area contributed by atoms with Crippen LogP contribution in [-0.2, 0) is 6.42 Å². The minimum absolute atomic E-state index is 0.887. The fourth-order valence-corrected chi connectivity index (χ4v) is 3.06. The molecule has 1 saturated heterocycles. The number of hydrogen-bond acceptors (Lipinski definition) is 3. The fraction of sp³-hybridized carbons (Fsp3) is 0.400. The summed E-state index contributed by atoms with van der Waals surface area (Å²) in [5.41, 5.74) is 2.75. The molecule has 0 amide bonds. The van der Waals surface area contributed by atoms with Crippen LogP contribution in [-0.4, -0.2) is 37.6 Å². The van der Waals surface area contributed by atoms with Gasteiger partial charge in [-0.25, -0.2) is 0 Å². The van der Waals surface area contributed by atoms with Gasteiger partial charge in [0.25, 0.3) is 0 Å². The summed E-state index contributed by atoms with van der Waals surface area (Å²) in [7, 11) is 0. The number of ether oxygens (including phenoxy) is 1. The third-order valence-electron chi connectivity index (χ3n) is 4.42. The van der Waals surface area contributed by atoms with Crippen LogP contribution in [0.4, 0.5) is 0 Å². The Bertz CT molecular complexity index is 606. The molecular formula is C20H26N2O. The van der Waals surface area contributed by atoms with E-state index in [1.165, 1.54) is 37.2 Å². The summed E-state index contributed by atoms with van der Waals surface area (Å²) in [5.74, 6) is 1.80. The van der Waals surface area contributed by atoms with Crippen LogP contribution in [0.15, 0.2) is 48.5 Å². The second-order valence-electron chi connectivity index (χ2n) is 6.20. The van der Waals surface area contributed by atoms with E-state index in [0.717, 1.165) is 31.0 Å². The van der Waals surface area contributed by atoms with Crippen molar-refractivity contribution in [2.75, 3.05) is 32.7 Å². The van der Waals surface area contributed by atoms with Crippen LogP contribution in [0.1, 0.15) is 17.5 Å². The van der Waals surface area contributed by atoms with Gasteiger partial charge in [-0.1, -0.05) is 24.3 Å². The van der Waals surface area contributed by atoms with Gasteiger partial charge in [0.15, 0.2) is 0 Å². The summed E-state index contributed by atoms with van der Waals surface area (Å²) in [4.78, 5) is 2.55. The molecule has 1 aliphatic rings. The molecule has 1 fully saturated rings. The molecule has 2 aromatic rings. The maximum atomic E-state index is 5.90. The first-order chi connectivity index (χ1) is 11.3. The molecule has 0 spiro atoms. The van der Waals surface area contributed by atoms with Gasteiger partial charge in [0.2, 0.25) is 0 Å². The third-order valence-corrected chi connectivity index (χ3v) is 4.42. The summed E-state index contributed by atoms with van der Waals surface area (Å²) in [5, 5.41) is 3.40. The van der Waals surface area contributed by atoms with E-state index in [9.17, 15) is 0 Å². The zero-order valence-electron chi connectivity index (χ0n) is 13.9. The quantitative estimate of drug-likeness (QED) is 0.882. The highest BCUT2D eigenvalue weighted by Gasteiger charge is 2.09. The Kier molecular flexibility index (Phi) is 5.67. The molecule has 2 aromatic carbocycles. The van der Waals surface area contributed by atoms with Gasteiger partial charge in [-0.3, -0.25) is 0 Å². The molecule has 3 heteroatoms. The number of nitrogens with zero attached hydrogens (tertiary/aromatic N) is 1. The maximum absolute atomic E-state index is 5.90. The molecular weight excluding hydrogens is 284 g/mol. The van der Waals surface area contributed by atoms with Crippen LogP contribution in [0.25, 0.3) is 0 Å². The Morgan fingerprint density at radius 1 is 1.00 bits per heavy atom. The highest BCUT2D eigenvalue weighted by atomic mass is 16.5. The number of hydrogen-bond donors (Lipinski definition) is 1. The van der Waals surface area contributed by atoms with Gasteiger partial charge < -0.3 is 15.0 Å². The lowest BCUT2D eigenvalue weighted by Crippen LogP contribution is -2.43. The van der Waals surface area contributed by atoms with Crippen molar-refractivity contribution in [2.24, 2.45) is 0 Å². The highest BCUT2D eigenvalue weighted by molar-refractivity contribution is 5.37. The first kappa shape index (κ1) is 16.0. The van der Waals surface area contributed by atoms with E-state index in [-0.39, 0.29) is 0 Å². The number of piperazine rings is 1. The zero-order valence-corrected chi connectivity index (χ0v) is 13.9. The Balaban J connectivity index is 1.52. The second-order valence-corrected chi connectivity index (χ2v) is 6.20. The molecule has 0 radical (unpaired) electrons. The van der Waals surface area contributed by atoms with Gasteiger partial charge in [0.05, 0.1) is 0 Å². The predicted octanol–water partition coefficient (Wildman–Crippen LogP) is 3.63. The molecule has 0 unspecified atom stereocenters. The summed E-state index contributed by atoms with van der Waals surface area (Å²) in [6, 6.07) is 16.4. The molecule has 3 rings (SSSR count). The number of benzene rings is 2. The van der Waals surface area contributed by atoms with E-state index < -0.39 is 0 Å². The number of para-hydroxylation sites is 1. The number of aryl methyl sites for hydroxylation is 2. The van der Waals surface area contributed by atoms with E-state index in [0.29, 0.717) is 0 Å². The standard InChI is InChI=1S/C20H26N2O/c1-17-16-20(23-19-7-3-2-4-8-19)10-9-18(17)6-5-13-22-14-11-21-12-15-22/h2-4,7-10,16,21H,5-6,11-15H2,1H3. The van der Waals surface area contributed by atoms with E-state index in [2.05, 4.69) is 35.3 Å². The second kappa shape index (κ2) is 8.14. The number of rotatable bonds is 6. The molecule has 0 aliphatic carbocycles. The van der Waals surface area contributed by atoms with Crippen LogP contribution < -0.4 is 10.1 Å². The molecule has 1 aliphatic heterocycles. The molecule has 0 aromatic heterocycles. The van der Waals surface area contributed by atoms with Gasteiger partial charge in [-0.15, -0.1) is 0 Å². The van der Waals surface area contributed by atoms with Crippen molar-refractivity contribution < 1.29 is 4.74 Å². The maximum Gasteiger partial charge on any atom is 0.127 e. The lowest BCUT2D eigenvalue weighted by molar-refractivity contribution is 0.238. The minimum Gasteiger partial charge on any atom is -0.457 e. The van der Waals surface area contributed by atoms with Gasteiger partial charge in [0.1, 0.15) is 11.5 Å². The third kappa shape index (κ3) is 4.81. The van der Waals surface area contributed by atoms with Crippen LogP contribution in [0.3, 0.4) is 0 Å². The summed E-state index contributed by atoms with van der Waals surface area (Å²) in [6.45, 7) is 8.00. The Morgan fingerprint density at radius 3 is 2.52 bits per heavy atom. The molecule has 1 heterocycles. The average molecular weight is 310 g/mol. The summed E-state index contributed by atoms with van der Waals surface area (Å²) >= 11 is 0. The molecule has 122 valence electrons. The Labute approximate surface area is 139 Å². The smallest absolute Gasteiger partial charge is 0.127 e. The Morgan fingerprint density at radius 2 is 1.78 bits per heavy atom. The van der Waals surface area contributed by atoms with Crippen molar-refractivity contribution in [2.45, 2.75) is 19.8 Å². The van der Waals surface area contributed by atoms with Crippen LogP contribution in [0.2, 0.25) is 0 Å². The molecule has 0 saturated carbocycles. The van der Waals surface area contributed by atoms with Crippen molar-refractivity contribution in [3.63, 3.8) is 0 Å². The topological polar surface area (TPSA) is 24.5 Å². The van der Waals surface area contributed by atoms with Crippen LogP contribution in [0.5, 0.6) is 11.5 Å². The summed E-state index contributed by atoms with van der Waals surface area (Å²) < 4.78 is 5.90. The predicted molar refractivity (Wildman–Crippen MR) is 95.3 cm³/mol. The van der Waals surface area contributed by atoms with Crippen molar-refractivity contribution in [3.8, 4) is 11.5 Å². The van der Waals surface area contributed by atoms with Crippen LogP contribution >= 0.6 is 0 Å². The monoisotopic (exact) mass is 310 g/mol. The zero-order chi connectivity index (χ0) is 15.9. The molecule has 0 bridgehead atoms. The lowest BCUT2D eigenvalue weighted by Gasteiger charge is -2.27. The van der Waals surface area contributed by atoms with Gasteiger partial charge >= 0.3 is 0 Å². The van der Waals surface area contributed by atoms with E-state index in [1.54, 1.807) is 0 Å². The lowest BCUT2D eigenvalue weighted by atomic mass is 10.0. The first-order valence-corrected chi connectivity index (χ1v) is 8.57. The van der Waals surface area contributed by atoms with E-state index >= 15 is 0 Å². The highest BCUT2D eigenvalue weighted by Crippen LogP contribution is 2.24. The molecule has 0 atom stereocenters. The van der Waals surface area contributed by atoms with Gasteiger partial charge in [-0.2, -0.15) is 0 Å². The minimum atomic E-state index is 0.887. The van der Waals surface area contributed by atoms with Gasteiger partial charge in [0, 0.05) is 26.2 Å². The van der Waals surface area contributed by atoms with Crippen molar-refractivity contribution in [3.05, 3.63) is 59.7 Å².